The van der Waals surface area contributed by atoms with Crippen molar-refractivity contribution in [2.45, 2.75) is 6.42 Å². The molecule has 0 saturated heterocycles. The molecule has 0 unspecified atom stereocenters. The molecule has 0 aromatic heterocycles. The Hall–Kier alpha value is -0.830. The van der Waals surface area contributed by atoms with Crippen LogP contribution in [0.25, 0.3) is 0 Å². The number of alkyl halides is 1. The molecule has 0 heterocycles. The van der Waals surface area contributed by atoms with E-state index in [0.29, 0.717) is 5.33 Å². The number of likely N-dealkylation sites (N-methyl/N-ethyl adjacent to an activating group) is 1. The normalized spacial score (nSPS) is 9.86. The minimum Gasteiger partial charge on any atom is -0.345 e. The highest BCUT2D eigenvalue weighted by Crippen LogP contribution is 2.01. The van der Waals surface area contributed by atoms with Crippen LogP contribution in [0.2, 0.25) is 0 Å². The maximum absolute atomic E-state index is 11.2. The zero-order valence-electron chi connectivity index (χ0n) is 8.24. The summed E-state index contributed by atoms with van der Waals surface area (Å²) in [5.74, 6) is 0.126. The largest absolute Gasteiger partial charge is 0.345 e. The van der Waals surface area contributed by atoms with Gasteiger partial charge in [-0.3, -0.25) is 4.79 Å². The monoisotopic (exact) mass is 255 g/mol. The van der Waals surface area contributed by atoms with Gasteiger partial charge in [0.05, 0.1) is 5.33 Å². The lowest BCUT2D eigenvalue weighted by molar-refractivity contribution is -0.126. The fourth-order valence-electron chi connectivity index (χ4n) is 1.17. The second kappa shape index (κ2) is 5.81. The molecule has 1 rings (SSSR count). The van der Waals surface area contributed by atoms with Gasteiger partial charge in [0.15, 0.2) is 0 Å². The van der Waals surface area contributed by atoms with Gasteiger partial charge in [0.2, 0.25) is 5.91 Å². The molecule has 0 fully saturated rings. The summed E-state index contributed by atoms with van der Waals surface area (Å²) in [7, 11) is 1.83. The first-order valence-electron chi connectivity index (χ1n) is 4.58. The Labute approximate surface area is 93.0 Å². The zero-order chi connectivity index (χ0) is 10.4. The van der Waals surface area contributed by atoms with Crippen LogP contribution in [0.3, 0.4) is 0 Å². The first-order chi connectivity index (χ1) is 6.74. The first kappa shape index (κ1) is 11.2. The number of halogens is 1. The fourth-order valence-corrected chi connectivity index (χ4v) is 1.60. The van der Waals surface area contributed by atoms with Crippen LogP contribution in [-0.2, 0) is 11.2 Å². The van der Waals surface area contributed by atoms with Crippen LogP contribution in [0.5, 0.6) is 0 Å². The standard InChI is InChI=1S/C11H14BrNO/c1-13(11(14)9-12)8-7-10-5-3-2-4-6-10/h2-6H,7-9H2,1H3. The molecule has 0 aliphatic carbocycles. The first-order valence-corrected chi connectivity index (χ1v) is 5.70. The van der Waals surface area contributed by atoms with Crippen LogP contribution in [0, 0.1) is 0 Å². The minimum absolute atomic E-state index is 0.126. The van der Waals surface area contributed by atoms with Crippen LogP contribution in [-0.4, -0.2) is 29.7 Å². The molecule has 0 radical (unpaired) electrons. The van der Waals surface area contributed by atoms with E-state index >= 15 is 0 Å². The number of nitrogens with zero attached hydrogens (tertiary/aromatic N) is 1. The molecular formula is C11H14BrNO. The summed E-state index contributed by atoms with van der Waals surface area (Å²) in [5, 5.41) is 0.401. The van der Waals surface area contributed by atoms with E-state index in [0.717, 1.165) is 13.0 Å². The zero-order valence-corrected chi connectivity index (χ0v) is 9.83. The summed E-state index contributed by atoms with van der Waals surface area (Å²) in [5.41, 5.74) is 1.27. The average Bonchev–Trinajstić information content (AvgIpc) is 2.26. The number of carbonyl (C=O) groups excluding carboxylic acids is 1. The van der Waals surface area contributed by atoms with Crippen LogP contribution in [0.15, 0.2) is 30.3 Å². The van der Waals surface area contributed by atoms with E-state index in [2.05, 4.69) is 28.1 Å². The van der Waals surface area contributed by atoms with Gasteiger partial charge in [-0.1, -0.05) is 46.3 Å². The fraction of sp³-hybridized carbons (Fsp3) is 0.364. The molecule has 1 aromatic rings. The number of hydrogen-bond donors (Lipinski definition) is 0. The minimum atomic E-state index is 0.126. The van der Waals surface area contributed by atoms with Crippen LogP contribution >= 0.6 is 15.9 Å². The molecular weight excluding hydrogens is 242 g/mol. The Kier molecular flexibility index (Phi) is 4.66. The number of rotatable bonds is 4. The molecule has 0 aliphatic rings. The lowest BCUT2D eigenvalue weighted by Gasteiger charge is -2.15. The van der Waals surface area contributed by atoms with Crippen molar-refractivity contribution < 1.29 is 4.79 Å². The number of benzene rings is 1. The van der Waals surface area contributed by atoms with Crippen LogP contribution < -0.4 is 0 Å². The van der Waals surface area contributed by atoms with Gasteiger partial charge in [-0.05, 0) is 12.0 Å². The number of carbonyl (C=O) groups is 1. The number of amides is 1. The van der Waals surface area contributed by atoms with Crippen molar-refractivity contribution >= 4 is 21.8 Å². The molecule has 1 amide bonds. The Morgan fingerprint density at radius 2 is 2.00 bits per heavy atom. The predicted molar refractivity (Wildman–Crippen MR) is 61.6 cm³/mol. The summed E-state index contributed by atoms with van der Waals surface area (Å²) >= 11 is 3.15. The predicted octanol–water partition coefficient (Wildman–Crippen LogP) is 2.08. The van der Waals surface area contributed by atoms with Gasteiger partial charge in [-0.15, -0.1) is 0 Å². The Balaban J connectivity index is 2.38. The van der Waals surface area contributed by atoms with E-state index < -0.39 is 0 Å². The molecule has 0 bridgehead atoms. The lowest BCUT2D eigenvalue weighted by atomic mass is 10.1. The van der Waals surface area contributed by atoms with Crippen molar-refractivity contribution in [3.05, 3.63) is 35.9 Å². The third-order valence-electron chi connectivity index (χ3n) is 2.12. The van der Waals surface area contributed by atoms with Crippen molar-refractivity contribution in [3.8, 4) is 0 Å². The van der Waals surface area contributed by atoms with E-state index in [1.165, 1.54) is 5.56 Å². The molecule has 0 aliphatic heterocycles. The molecule has 14 heavy (non-hydrogen) atoms. The molecule has 0 N–H and O–H groups in total. The van der Waals surface area contributed by atoms with Gasteiger partial charge < -0.3 is 4.90 Å². The highest BCUT2D eigenvalue weighted by Gasteiger charge is 2.05. The van der Waals surface area contributed by atoms with Gasteiger partial charge in [0.1, 0.15) is 0 Å². The molecule has 0 atom stereocenters. The maximum Gasteiger partial charge on any atom is 0.232 e. The number of hydrogen-bond acceptors (Lipinski definition) is 1. The van der Waals surface area contributed by atoms with Gasteiger partial charge in [-0.25, -0.2) is 0 Å². The van der Waals surface area contributed by atoms with E-state index in [-0.39, 0.29) is 5.91 Å². The van der Waals surface area contributed by atoms with E-state index in [1.807, 2.05) is 25.2 Å². The quantitative estimate of drug-likeness (QED) is 0.755. The van der Waals surface area contributed by atoms with Crippen molar-refractivity contribution in [1.29, 1.82) is 0 Å². The van der Waals surface area contributed by atoms with Crippen LogP contribution in [0.1, 0.15) is 5.56 Å². The van der Waals surface area contributed by atoms with E-state index in [1.54, 1.807) is 4.90 Å². The average molecular weight is 256 g/mol. The SMILES string of the molecule is CN(CCc1ccccc1)C(=O)CBr. The Morgan fingerprint density at radius 1 is 1.36 bits per heavy atom. The highest BCUT2D eigenvalue weighted by atomic mass is 79.9. The summed E-state index contributed by atoms with van der Waals surface area (Å²) in [6.07, 6.45) is 0.913. The van der Waals surface area contributed by atoms with E-state index in [9.17, 15) is 4.79 Å². The maximum atomic E-state index is 11.2. The van der Waals surface area contributed by atoms with Gasteiger partial charge in [0, 0.05) is 13.6 Å². The second-order valence-electron chi connectivity index (χ2n) is 3.18. The van der Waals surface area contributed by atoms with Crippen molar-refractivity contribution in [2.75, 3.05) is 18.9 Å². The molecule has 0 saturated carbocycles. The Morgan fingerprint density at radius 3 is 2.57 bits per heavy atom. The summed E-state index contributed by atoms with van der Waals surface area (Å²) in [4.78, 5) is 12.9. The Bertz CT molecular complexity index is 287. The molecule has 76 valence electrons. The third-order valence-corrected chi connectivity index (χ3v) is 2.60. The lowest BCUT2D eigenvalue weighted by Crippen LogP contribution is -2.29. The van der Waals surface area contributed by atoms with Gasteiger partial charge >= 0.3 is 0 Å². The highest BCUT2D eigenvalue weighted by molar-refractivity contribution is 9.09. The molecule has 0 spiro atoms. The molecule has 3 heteroatoms. The van der Waals surface area contributed by atoms with Crippen molar-refractivity contribution in [2.24, 2.45) is 0 Å². The van der Waals surface area contributed by atoms with Gasteiger partial charge in [0.25, 0.3) is 0 Å². The topological polar surface area (TPSA) is 20.3 Å². The smallest absolute Gasteiger partial charge is 0.232 e. The molecule has 2 nitrogen and oxygen atoms in total. The summed E-state index contributed by atoms with van der Waals surface area (Å²) < 4.78 is 0. The summed E-state index contributed by atoms with van der Waals surface area (Å²) in [6.45, 7) is 0.772. The van der Waals surface area contributed by atoms with Crippen molar-refractivity contribution in [1.82, 2.24) is 4.90 Å². The third kappa shape index (κ3) is 3.50. The van der Waals surface area contributed by atoms with Crippen molar-refractivity contribution in [3.63, 3.8) is 0 Å². The van der Waals surface area contributed by atoms with Crippen LogP contribution in [0.4, 0.5) is 0 Å². The van der Waals surface area contributed by atoms with E-state index in [4.69, 9.17) is 0 Å². The summed E-state index contributed by atoms with van der Waals surface area (Å²) in [6, 6.07) is 10.2. The second-order valence-corrected chi connectivity index (χ2v) is 3.75. The molecule has 1 aromatic carbocycles. The van der Waals surface area contributed by atoms with Gasteiger partial charge in [-0.2, -0.15) is 0 Å².